The van der Waals surface area contributed by atoms with E-state index in [1.54, 1.807) is 23.1 Å². The van der Waals surface area contributed by atoms with E-state index in [0.717, 1.165) is 34.9 Å². The van der Waals surface area contributed by atoms with Crippen LogP contribution in [-0.4, -0.2) is 67.5 Å². The van der Waals surface area contributed by atoms with Gasteiger partial charge in [-0.3, -0.25) is 4.90 Å². The fourth-order valence-corrected chi connectivity index (χ4v) is 7.99. The van der Waals surface area contributed by atoms with Gasteiger partial charge >= 0.3 is 6.18 Å². The molecule has 1 N–H and O–H groups in total. The van der Waals surface area contributed by atoms with Crippen LogP contribution in [0.1, 0.15) is 48.0 Å². The van der Waals surface area contributed by atoms with Crippen molar-refractivity contribution in [3.63, 3.8) is 0 Å². The number of piperidine rings is 1. The van der Waals surface area contributed by atoms with E-state index in [0.29, 0.717) is 22.6 Å². The Morgan fingerprint density at radius 2 is 1.80 bits per heavy atom. The molecule has 0 bridgehead atoms. The van der Waals surface area contributed by atoms with Gasteiger partial charge in [0.2, 0.25) is 0 Å². The van der Waals surface area contributed by atoms with Gasteiger partial charge in [0.05, 0.1) is 27.4 Å². The number of ether oxygens (including phenoxy) is 3. The summed E-state index contributed by atoms with van der Waals surface area (Å²) in [5.41, 5.74) is -2.03. The quantitative estimate of drug-likeness (QED) is 0.204. The zero-order valence-corrected chi connectivity index (χ0v) is 27.7. The van der Waals surface area contributed by atoms with Crippen LogP contribution in [0.25, 0.3) is 0 Å². The third-order valence-electron chi connectivity index (χ3n) is 9.17. The standard InChI is InChI=1S/C34H33F5N4O6S/c1-47-24-8-5-22(29(15-24)48-2)19-43(32-9-12-40-20-41-32)50(45,46)31-17-30-25(16-26(31)36)27(10-14-49-30)42-13-11-33(44,34(37,38)39)18-28(42)21-3-6-23(35)7-4-21/h3-9,12,15-17,20,27-28,44H,10-11,13-14,18-19H2,1-2H3/t27-,28-,33-/m0/s1. The Labute approximate surface area is 285 Å². The van der Waals surface area contributed by atoms with Crippen LogP contribution in [0.3, 0.4) is 0 Å². The fourth-order valence-electron chi connectivity index (χ4n) is 6.52. The van der Waals surface area contributed by atoms with Gasteiger partial charge in [-0.15, -0.1) is 0 Å². The number of alkyl halides is 3. The molecule has 0 spiro atoms. The summed E-state index contributed by atoms with van der Waals surface area (Å²) in [6, 6.07) is 11.4. The molecule has 6 rings (SSSR count). The molecule has 0 unspecified atom stereocenters. The van der Waals surface area contributed by atoms with Crippen LogP contribution < -0.4 is 18.5 Å². The maximum atomic E-state index is 16.2. The largest absolute Gasteiger partial charge is 0.497 e. The number of benzene rings is 3. The molecule has 0 aliphatic carbocycles. The number of likely N-dealkylation sites (tertiary alicyclic amines) is 1. The number of hydrogen-bond acceptors (Lipinski definition) is 9. The summed E-state index contributed by atoms with van der Waals surface area (Å²) in [7, 11) is -1.82. The average Bonchev–Trinajstić information content (AvgIpc) is 3.10. The number of aromatic nitrogens is 2. The van der Waals surface area contributed by atoms with Crippen LogP contribution in [0, 0.1) is 11.6 Å². The molecule has 0 amide bonds. The monoisotopic (exact) mass is 720 g/mol. The molecule has 50 heavy (non-hydrogen) atoms. The lowest BCUT2D eigenvalue weighted by molar-refractivity contribution is -0.280. The summed E-state index contributed by atoms with van der Waals surface area (Å²) in [6.07, 6.45) is -3.61. The smallest absolute Gasteiger partial charge is 0.417 e. The highest BCUT2D eigenvalue weighted by molar-refractivity contribution is 7.92. The number of aliphatic hydroxyl groups is 1. The van der Waals surface area contributed by atoms with Crippen LogP contribution in [0.5, 0.6) is 17.2 Å². The highest BCUT2D eigenvalue weighted by atomic mass is 32.2. The van der Waals surface area contributed by atoms with Crippen molar-refractivity contribution in [3.05, 3.63) is 102 Å². The molecule has 16 heteroatoms. The molecule has 2 aliphatic rings. The van der Waals surface area contributed by atoms with E-state index in [-0.39, 0.29) is 43.2 Å². The molecule has 10 nitrogen and oxygen atoms in total. The maximum absolute atomic E-state index is 16.2. The molecule has 0 saturated carbocycles. The Morgan fingerprint density at radius 3 is 2.46 bits per heavy atom. The van der Waals surface area contributed by atoms with E-state index in [4.69, 9.17) is 14.2 Å². The molecule has 4 aromatic rings. The average molecular weight is 721 g/mol. The predicted octanol–water partition coefficient (Wildman–Crippen LogP) is 6.12. The summed E-state index contributed by atoms with van der Waals surface area (Å²) < 4.78 is 118. The zero-order chi connectivity index (χ0) is 35.8. The van der Waals surface area contributed by atoms with Gasteiger partial charge < -0.3 is 19.3 Å². The molecule has 0 radical (unpaired) electrons. The third kappa shape index (κ3) is 6.66. The van der Waals surface area contributed by atoms with Crippen molar-refractivity contribution < 1.29 is 49.7 Å². The SMILES string of the molecule is COc1ccc(CN(c2ccncn2)S(=O)(=O)c2cc3c(cc2F)[C@@H](N2CC[C@@](O)(C(F)(F)F)C[C@H]2c2ccc(F)cc2)CCO3)c(OC)c1. The van der Waals surface area contributed by atoms with E-state index < -0.39 is 63.3 Å². The van der Waals surface area contributed by atoms with Crippen LogP contribution in [-0.2, 0) is 16.6 Å². The minimum atomic E-state index is -4.92. The minimum Gasteiger partial charge on any atom is -0.497 e. The number of fused-ring (bicyclic) bond motifs is 1. The van der Waals surface area contributed by atoms with E-state index >= 15 is 4.39 Å². The molecular formula is C34H33F5N4O6S. The molecule has 1 fully saturated rings. The van der Waals surface area contributed by atoms with Gasteiger partial charge in [-0.05, 0) is 42.3 Å². The van der Waals surface area contributed by atoms with Crippen molar-refractivity contribution in [1.82, 2.24) is 14.9 Å². The Morgan fingerprint density at radius 1 is 1.04 bits per heavy atom. The second-order valence-corrected chi connectivity index (χ2v) is 13.8. The van der Waals surface area contributed by atoms with Crippen molar-refractivity contribution in [3.8, 4) is 17.2 Å². The number of anilines is 1. The van der Waals surface area contributed by atoms with E-state index in [9.17, 15) is 31.1 Å². The van der Waals surface area contributed by atoms with Crippen LogP contribution in [0.4, 0.5) is 27.8 Å². The molecular weight excluding hydrogens is 687 g/mol. The summed E-state index contributed by atoms with van der Waals surface area (Å²) in [5.74, 6) is -0.960. The minimum absolute atomic E-state index is 0.0282. The van der Waals surface area contributed by atoms with Crippen LogP contribution >= 0.6 is 0 Å². The number of nitrogens with zero attached hydrogens (tertiary/aromatic N) is 4. The first-order valence-electron chi connectivity index (χ1n) is 15.5. The lowest BCUT2D eigenvalue weighted by atomic mass is 9.81. The van der Waals surface area contributed by atoms with Crippen molar-refractivity contribution in [2.75, 3.05) is 31.7 Å². The Kier molecular flexibility index (Phi) is 9.63. The molecule has 3 heterocycles. The third-order valence-corrected chi connectivity index (χ3v) is 10.9. The Balaban J connectivity index is 1.39. The number of sulfonamides is 1. The highest BCUT2D eigenvalue weighted by Gasteiger charge is 2.57. The molecule has 2 aliphatic heterocycles. The van der Waals surface area contributed by atoms with Crippen LogP contribution in [0.2, 0.25) is 0 Å². The van der Waals surface area contributed by atoms with Gasteiger partial charge in [-0.2, -0.15) is 13.2 Å². The zero-order valence-electron chi connectivity index (χ0n) is 26.9. The molecule has 1 saturated heterocycles. The molecule has 1 aromatic heterocycles. The molecule has 266 valence electrons. The second-order valence-electron chi connectivity index (χ2n) is 12.0. The van der Waals surface area contributed by atoms with E-state index in [2.05, 4.69) is 9.97 Å². The topological polar surface area (TPSA) is 114 Å². The van der Waals surface area contributed by atoms with Crippen molar-refractivity contribution >= 4 is 15.8 Å². The first kappa shape index (κ1) is 35.3. The van der Waals surface area contributed by atoms with Crippen molar-refractivity contribution in [2.45, 2.75) is 54.6 Å². The van der Waals surface area contributed by atoms with Gasteiger partial charge in [0.15, 0.2) is 5.60 Å². The van der Waals surface area contributed by atoms with Crippen molar-refractivity contribution in [1.29, 1.82) is 0 Å². The van der Waals surface area contributed by atoms with Crippen LogP contribution in [0.15, 0.2) is 78.1 Å². The van der Waals surface area contributed by atoms with Gasteiger partial charge in [-0.1, -0.05) is 12.1 Å². The first-order chi connectivity index (χ1) is 23.8. The molecule has 3 atom stereocenters. The summed E-state index contributed by atoms with van der Waals surface area (Å²) in [5, 5.41) is 10.7. The molecule has 3 aromatic carbocycles. The van der Waals surface area contributed by atoms with Gasteiger partial charge in [0, 0.05) is 67.0 Å². The fraction of sp³-hybridized carbons (Fsp3) is 0.353. The lowest BCUT2D eigenvalue weighted by Gasteiger charge is -2.48. The number of rotatable bonds is 9. The van der Waals surface area contributed by atoms with Gasteiger partial charge in [0.25, 0.3) is 10.0 Å². The predicted molar refractivity (Wildman–Crippen MR) is 170 cm³/mol. The normalized spacial score (nSPS) is 21.2. The Bertz CT molecular complexity index is 1950. The number of methoxy groups -OCH3 is 2. The Hall–Kier alpha value is -4.54. The second kappa shape index (κ2) is 13.6. The van der Waals surface area contributed by atoms with Crippen molar-refractivity contribution in [2.24, 2.45) is 0 Å². The number of halogens is 5. The summed E-state index contributed by atoms with van der Waals surface area (Å²) in [6.45, 7) is -0.519. The number of hydrogen-bond donors (Lipinski definition) is 1. The lowest BCUT2D eigenvalue weighted by Crippen LogP contribution is -2.55. The summed E-state index contributed by atoms with van der Waals surface area (Å²) in [4.78, 5) is 8.94. The highest BCUT2D eigenvalue weighted by Crippen LogP contribution is 2.50. The van der Waals surface area contributed by atoms with Gasteiger partial charge in [0.1, 0.15) is 45.9 Å². The first-order valence-corrected chi connectivity index (χ1v) is 17.0. The van der Waals surface area contributed by atoms with E-state index in [1.165, 1.54) is 38.6 Å². The summed E-state index contributed by atoms with van der Waals surface area (Å²) >= 11 is 0. The van der Waals surface area contributed by atoms with Gasteiger partial charge in [-0.25, -0.2) is 31.5 Å². The van der Waals surface area contributed by atoms with E-state index in [1.807, 2.05) is 0 Å². The maximum Gasteiger partial charge on any atom is 0.417 e.